The van der Waals surface area contributed by atoms with Crippen LogP contribution in [0.25, 0.3) is 0 Å². The molecule has 4 saturated heterocycles. The molecule has 0 aromatic heterocycles. The molecule has 6 heterocycles. The van der Waals surface area contributed by atoms with Crippen LogP contribution in [-0.4, -0.2) is 140 Å². The Kier molecular flexibility index (Phi) is 16.0. The molecule has 1 aliphatic carbocycles. The van der Waals surface area contributed by atoms with E-state index in [0.717, 1.165) is 12.0 Å². The fraction of sp³-hybridized carbons (Fsp3) is 0.760. The molecule has 0 aromatic rings. The highest BCUT2D eigenvalue weighted by Gasteiger charge is 2.60. The zero-order chi connectivity index (χ0) is 47.0. The van der Waals surface area contributed by atoms with E-state index < -0.39 is 84.7 Å². The van der Waals surface area contributed by atoms with Gasteiger partial charge in [-0.05, 0) is 62.8 Å². The van der Waals surface area contributed by atoms with E-state index in [1.165, 1.54) is 6.92 Å². The number of hydrogen-bond donors (Lipinski definition) is 3. The molecule has 7 rings (SSSR count). The molecule has 2 bridgehead atoms. The quantitative estimate of drug-likeness (QED) is 0.195. The van der Waals surface area contributed by atoms with Crippen molar-refractivity contribution in [3.63, 3.8) is 0 Å². The molecule has 364 valence electrons. The second-order valence-electron chi connectivity index (χ2n) is 19.7. The molecule has 4 fully saturated rings. The van der Waals surface area contributed by atoms with Gasteiger partial charge in [0.25, 0.3) is 0 Å². The summed E-state index contributed by atoms with van der Waals surface area (Å²) >= 11 is 0. The maximum atomic E-state index is 14.4. The van der Waals surface area contributed by atoms with Crippen LogP contribution in [-0.2, 0) is 57.0 Å². The molecule has 15 nitrogen and oxygen atoms in total. The lowest BCUT2D eigenvalue weighted by atomic mass is 9.71. The van der Waals surface area contributed by atoms with Gasteiger partial charge >= 0.3 is 5.97 Å². The fourth-order valence-corrected chi connectivity index (χ4v) is 11.0. The summed E-state index contributed by atoms with van der Waals surface area (Å²) in [5, 5.41) is 26.7. The first-order valence-corrected chi connectivity index (χ1v) is 23.8. The third kappa shape index (κ3) is 10.6. The number of nitrogens with one attached hydrogen (secondary N) is 1. The number of amides is 1. The van der Waals surface area contributed by atoms with Gasteiger partial charge in [0.2, 0.25) is 5.91 Å². The largest absolute Gasteiger partial charge is 0.462 e. The van der Waals surface area contributed by atoms with Crippen LogP contribution in [0.2, 0.25) is 0 Å². The molecule has 65 heavy (non-hydrogen) atoms. The molecule has 0 aromatic carbocycles. The maximum absolute atomic E-state index is 14.4. The van der Waals surface area contributed by atoms with Crippen molar-refractivity contribution in [2.75, 3.05) is 20.8 Å². The van der Waals surface area contributed by atoms with E-state index in [1.54, 1.807) is 33.3 Å². The number of ether oxygens (including phenoxy) is 10. The summed E-state index contributed by atoms with van der Waals surface area (Å²) in [4.78, 5) is 26.3. The van der Waals surface area contributed by atoms with Crippen molar-refractivity contribution in [2.24, 2.45) is 23.7 Å². The van der Waals surface area contributed by atoms with Gasteiger partial charge in [0.05, 0.1) is 55.4 Å². The summed E-state index contributed by atoms with van der Waals surface area (Å²) < 4.78 is 64.4. The van der Waals surface area contributed by atoms with Gasteiger partial charge in [0.15, 0.2) is 18.4 Å². The highest BCUT2D eigenvalue weighted by molar-refractivity contribution is 5.78. The topological polar surface area (TPSA) is 179 Å². The lowest BCUT2D eigenvalue weighted by molar-refractivity contribution is -0.311. The first-order valence-electron chi connectivity index (χ1n) is 23.8. The molecule has 0 saturated carbocycles. The number of aliphatic hydroxyl groups is 2. The smallest absolute Gasteiger partial charge is 0.316 e. The Morgan fingerprint density at radius 3 is 2.35 bits per heavy atom. The van der Waals surface area contributed by atoms with Crippen molar-refractivity contribution in [3.05, 3.63) is 59.3 Å². The number of fused-ring (bicyclic) bond motifs is 2. The van der Waals surface area contributed by atoms with Crippen LogP contribution >= 0.6 is 0 Å². The normalized spacial score (nSPS) is 47.3. The highest BCUT2D eigenvalue weighted by Crippen LogP contribution is 2.47. The molecule has 7 aliphatic rings. The Labute approximate surface area is 385 Å². The number of rotatable bonds is 9. The van der Waals surface area contributed by atoms with Crippen LogP contribution in [0, 0.1) is 23.7 Å². The predicted octanol–water partition coefficient (Wildman–Crippen LogP) is 5.52. The number of hydrogen-bond acceptors (Lipinski definition) is 14. The van der Waals surface area contributed by atoms with E-state index in [4.69, 9.17) is 47.4 Å². The highest BCUT2D eigenvalue weighted by atomic mass is 16.7. The number of carbonyl (C=O) groups is 2. The number of aliphatic hydroxyl groups excluding tert-OH is 1. The molecule has 0 radical (unpaired) electrons. The van der Waals surface area contributed by atoms with Crippen LogP contribution in [0.15, 0.2) is 59.3 Å². The first-order chi connectivity index (χ1) is 30.9. The number of esters is 1. The van der Waals surface area contributed by atoms with Gasteiger partial charge in [-0.2, -0.15) is 0 Å². The summed E-state index contributed by atoms with van der Waals surface area (Å²) in [6.07, 6.45) is 9.46. The molecule has 15 heteroatoms. The SMILES string of the molecule is CC[C@@H](C)[C@@H]1O[C@@]2(C=C[C@H]1C)C[C@@H]1C[C@H](C/C=C(\C)[C@H](O[C@H]3C[C@H](OC)[C@H](O[C@H]4C[C@H](OC)[C@H](NC(C)=O)[C@H](C)O4)[C@H](C)O3)[C@H](C)/C=C/C=C3\CO[C@H]4[C@H](O)C(C)=C[C@@H](C(=O)O1)[C@@]34O)O2. The van der Waals surface area contributed by atoms with Gasteiger partial charge in [-0.25, -0.2) is 0 Å². The first kappa shape index (κ1) is 50.1. The standard InChI is InChI=1S/C50H75NO14/c1-12-26(2)45-29(5)18-19-49(65-45)24-36-21-35(64-49)17-16-28(4)44(27(3)14-13-15-34-25-58-47-43(53)30(6)20-37(48(54)61-36)50(34,47)55)62-41-23-39(57-11)46(32(8)60-41)63-40-22-38(56-10)42(31(7)59-40)51-33(9)52/h13-16,18-20,26-27,29,31-32,35-47,53,55H,12,17,21-25H2,1-11H3,(H,51,52)/b14-13+,28-16+,34-15+/t26-,27-,29-,31+,32+,35+,36+,37+,38+,39+,40+,41+,42-,43-,44-,45+,46-,47+,49+,50+/m1/s1. The molecular weight excluding hydrogens is 839 g/mol. The fourth-order valence-electron chi connectivity index (χ4n) is 11.0. The van der Waals surface area contributed by atoms with Crippen molar-refractivity contribution in [3.8, 4) is 0 Å². The molecular formula is C50H75NO14. The Hall–Kier alpha value is -2.80. The minimum absolute atomic E-state index is 0.0270. The summed E-state index contributed by atoms with van der Waals surface area (Å²) in [7, 11) is 3.27. The third-order valence-electron chi connectivity index (χ3n) is 14.9. The van der Waals surface area contributed by atoms with Crippen molar-refractivity contribution in [1.29, 1.82) is 0 Å². The summed E-state index contributed by atoms with van der Waals surface area (Å²) in [5.41, 5.74) is 0.116. The summed E-state index contributed by atoms with van der Waals surface area (Å²) in [5.74, 6) is -2.75. The van der Waals surface area contributed by atoms with Gasteiger partial charge in [-0.15, -0.1) is 0 Å². The average Bonchev–Trinajstić information content (AvgIpc) is 3.61. The van der Waals surface area contributed by atoms with Crippen molar-refractivity contribution < 1.29 is 67.2 Å². The van der Waals surface area contributed by atoms with Crippen LogP contribution in [0.5, 0.6) is 0 Å². The monoisotopic (exact) mass is 914 g/mol. The van der Waals surface area contributed by atoms with Gasteiger partial charge in [0, 0.05) is 58.7 Å². The zero-order valence-electron chi connectivity index (χ0n) is 40.2. The lowest BCUT2D eigenvalue weighted by Crippen LogP contribution is -2.58. The van der Waals surface area contributed by atoms with E-state index in [2.05, 4.69) is 45.2 Å². The molecule has 1 spiro atoms. The van der Waals surface area contributed by atoms with Crippen molar-refractivity contribution in [2.45, 2.75) is 198 Å². The minimum atomic E-state index is -1.84. The van der Waals surface area contributed by atoms with Crippen LogP contribution in [0.3, 0.4) is 0 Å². The van der Waals surface area contributed by atoms with Gasteiger partial charge < -0.3 is 62.9 Å². The van der Waals surface area contributed by atoms with E-state index in [0.29, 0.717) is 36.8 Å². The van der Waals surface area contributed by atoms with E-state index in [9.17, 15) is 19.8 Å². The van der Waals surface area contributed by atoms with E-state index in [-0.39, 0.29) is 61.0 Å². The predicted molar refractivity (Wildman–Crippen MR) is 239 cm³/mol. The molecule has 3 N–H and O–H groups in total. The van der Waals surface area contributed by atoms with Crippen LogP contribution in [0.1, 0.15) is 101 Å². The molecule has 6 aliphatic heterocycles. The number of methoxy groups -OCH3 is 2. The Bertz CT molecular complexity index is 1850. The summed E-state index contributed by atoms with van der Waals surface area (Å²) in [6, 6.07) is -0.315. The van der Waals surface area contributed by atoms with Gasteiger partial charge in [0.1, 0.15) is 35.9 Å². The van der Waals surface area contributed by atoms with Crippen molar-refractivity contribution >= 4 is 11.9 Å². The minimum Gasteiger partial charge on any atom is -0.462 e. The van der Waals surface area contributed by atoms with E-state index in [1.807, 2.05) is 39.0 Å². The Morgan fingerprint density at radius 2 is 1.65 bits per heavy atom. The lowest BCUT2D eigenvalue weighted by Gasteiger charge is -2.48. The zero-order valence-corrected chi connectivity index (χ0v) is 40.2. The second kappa shape index (κ2) is 20.8. The maximum Gasteiger partial charge on any atom is 0.316 e. The van der Waals surface area contributed by atoms with Gasteiger partial charge in [-0.1, -0.05) is 70.6 Å². The number of allylic oxidation sites excluding steroid dienone is 2. The number of carbonyl (C=O) groups excluding carboxylic acids is 2. The van der Waals surface area contributed by atoms with E-state index >= 15 is 0 Å². The Balaban J connectivity index is 1.16. The Morgan fingerprint density at radius 1 is 0.938 bits per heavy atom. The summed E-state index contributed by atoms with van der Waals surface area (Å²) in [6.45, 7) is 17.7. The molecule has 0 unspecified atom stereocenters. The third-order valence-corrected chi connectivity index (χ3v) is 14.9. The van der Waals surface area contributed by atoms with Crippen LogP contribution in [0.4, 0.5) is 0 Å². The van der Waals surface area contributed by atoms with Gasteiger partial charge in [-0.3, -0.25) is 9.59 Å². The molecule has 1 amide bonds. The average molecular weight is 914 g/mol. The van der Waals surface area contributed by atoms with Crippen LogP contribution < -0.4 is 5.32 Å². The molecule has 20 atom stereocenters. The van der Waals surface area contributed by atoms with Crippen molar-refractivity contribution in [1.82, 2.24) is 5.32 Å². The second-order valence-corrected chi connectivity index (χ2v) is 19.7.